The van der Waals surface area contributed by atoms with Crippen LogP contribution in [0.2, 0.25) is 5.02 Å². The Morgan fingerprint density at radius 2 is 1.70 bits per heavy atom. The maximum Gasteiger partial charge on any atom is 0.330 e. The molecular weight excluding hydrogens is 316 g/mol. The highest BCUT2D eigenvalue weighted by Crippen LogP contribution is 2.31. The average molecular weight is 331 g/mol. The van der Waals surface area contributed by atoms with Gasteiger partial charge in [-0.2, -0.15) is 0 Å². The Kier molecular flexibility index (Phi) is 3.96. The summed E-state index contributed by atoms with van der Waals surface area (Å²) < 4.78 is 8.28. The van der Waals surface area contributed by atoms with Gasteiger partial charge in [-0.1, -0.05) is 35.9 Å². The molecule has 0 saturated heterocycles. The van der Waals surface area contributed by atoms with E-state index in [0.717, 1.165) is 15.3 Å². The van der Waals surface area contributed by atoms with Gasteiger partial charge in [0.25, 0.3) is 5.56 Å². The van der Waals surface area contributed by atoms with E-state index in [9.17, 15) is 9.59 Å². The zero-order valence-corrected chi connectivity index (χ0v) is 13.5. The highest BCUT2D eigenvalue weighted by atomic mass is 35.5. The minimum Gasteiger partial charge on any atom is -0.487 e. The molecule has 0 aliphatic heterocycles. The molecule has 0 spiro atoms. The van der Waals surface area contributed by atoms with Crippen molar-refractivity contribution in [3.63, 3.8) is 0 Å². The lowest BCUT2D eigenvalue weighted by atomic mass is 10.1. The first-order chi connectivity index (χ1) is 11.0. The maximum absolute atomic E-state index is 11.9. The summed E-state index contributed by atoms with van der Waals surface area (Å²) in [7, 11) is 3.06. The maximum atomic E-state index is 11.9. The van der Waals surface area contributed by atoms with Gasteiger partial charge in [-0.05, 0) is 12.1 Å². The molecule has 0 aliphatic carbocycles. The van der Waals surface area contributed by atoms with Gasteiger partial charge in [0.1, 0.15) is 12.4 Å². The van der Waals surface area contributed by atoms with Crippen molar-refractivity contribution in [2.45, 2.75) is 6.61 Å². The molecule has 1 aromatic heterocycles. The minimum absolute atomic E-state index is 0.118. The molecule has 1 heterocycles. The van der Waals surface area contributed by atoms with Crippen LogP contribution in [0.3, 0.4) is 0 Å². The number of aromatic nitrogens is 2. The van der Waals surface area contributed by atoms with E-state index in [1.807, 2.05) is 24.3 Å². The lowest BCUT2D eigenvalue weighted by Crippen LogP contribution is -2.38. The van der Waals surface area contributed by atoms with Crippen LogP contribution in [0.25, 0.3) is 10.8 Å². The van der Waals surface area contributed by atoms with Crippen molar-refractivity contribution in [3.05, 3.63) is 74.0 Å². The predicted octanol–water partition coefficient (Wildman–Crippen LogP) is 2.47. The zero-order valence-electron chi connectivity index (χ0n) is 12.7. The molecule has 0 saturated carbocycles. The van der Waals surface area contributed by atoms with Gasteiger partial charge in [-0.15, -0.1) is 0 Å². The van der Waals surface area contributed by atoms with E-state index in [4.69, 9.17) is 16.3 Å². The van der Waals surface area contributed by atoms with Gasteiger partial charge >= 0.3 is 5.69 Å². The van der Waals surface area contributed by atoms with E-state index in [2.05, 4.69) is 0 Å². The minimum atomic E-state index is -0.378. The summed E-state index contributed by atoms with van der Waals surface area (Å²) in [5, 5.41) is 2.42. The van der Waals surface area contributed by atoms with Crippen LogP contribution in [0, 0.1) is 0 Å². The third-order valence-electron chi connectivity index (χ3n) is 3.83. The van der Waals surface area contributed by atoms with Crippen LogP contribution in [0.1, 0.15) is 5.69 Å². The first-order valence-electron chi connectivity index (χ1n) is 7.05. The first-order valence-corrected chi connectivity index (χ1v) is 7.43. The highest BCUT2D eigenvalue weighted by Gasteiger charge is 2.09. The van der Waals surface area contributed by atoms with Crippen LogP contribution in [0.4, 0.5) is 0 Å². The molecule has 6 heteroatoms. The standard InChI is InChI=1S/C17H15ClN2O3/c1-19-11(9-16(21)20(2)17(19)22)10-23-15-8-7-14(18)12-5-3-4-6-13(12)15/h3-9H,10H2,1-2H3. The summed E-state index contributed by atoms with van der Waals surface area (Å²) in [6.45, 7) is 0.118. The number of benzene rings is 2. The number of hydrogen-bond donors (Lipinski definition) is 0. The number of hydrogen-bond acceptors (Lipinski definition) is 3. The summed E-state index contributed by atoms with van der Waals surface area (Å²) in [6.07, 6.45) is 0. The van der Waals surface area contributed by atoms with E-state index in [0.29, 0.717) is 16.5 Å². The van der Waals surface area contributed by atoms with E-state index in [1.165, 1.54) is 17.7 Å². The van der Waals surface area contributed by atoms with Gasteiger partial charge in [0.2, 0.25) is 0 Å². The number of halogens is 1. The second-order valence-electron chi connectivity index (χ2n) is 5.25. The van der Waals surface area contributed by atoms with Gasteiger partial charge in [0.15, 0.2) is 0 Å². The molecule has 0 fully saturated rings. The molecule has 3 aromatic rings. The van der Waals surface area contributed by atoms with Crippen LogP contribution in [0.5, 0.6) is 5.75 Å². The number of rotatable bonds is 3. The van der Waals surface area contributed by atoms with Gasteiger partial charge in [0, 0.05) is 36.0 Å². The Hall–Kier alpha value is -2.53. The van der Waals surface area contributed by atoms with Crippen LogP contribution in [-0.4, -0.2) is 9.13 Å². The third-order valence-corrected chi connectivity index (χ3v) is 4.16. The molecular formula is C17H15ClN2O3. The quantitative estimate of drug-likeness (QED) is 0.741. The summed E-state index contributed by atoms with van der Waals surface area (Å²) in [6, 6.07) is 12.6. The summed E-state index contributed by atoms with van der Waals surface area (Å²) in [5.74, 6) is 0.651. The fourth-order valence-electron chi connectivity index (χ4n) is 2.43. The van der Waals surface area contributed by atoms with E-state index in [1.54, 1.807) is 19.2 Å². The molecule has 3 rings (SSSR count). The summed E-state index contributed by atoms with van der Waals surface area (Å²) in [4.78, 5) is 23.7. The normalized spacial score (nSPS) is 10.9. The smallest absolute Gasteiger partial charge is 0.330 e. The van der Waals surface area contributed by atoms with Gasteiger partial charge < -0.3 is 4.74 Å². The zero-order chi connectivity index (χ0) is 16.6. The summed E-state index contributed by atoms with van der Waals surface area (Å²) in [5.41, 5.74) is -0.221. The second kappa shape index (κ2) is 5.93. The van der Waals surface area contributed by atoms with Crippen molar-refractivity contribution in [2.75, 3.05) is 0 Å². The fraction of sp³-hybridized carbons (Fsp3) is 0.176. The number of fused-ring (bicyclic) bond motifs is 1. The Morgan fingerprint density at radius 3 is 2.43 bits per heavy atom. The predicted molar refractivity (Wildman–Crippen MR) is 90.2 cm³/mol. The SMILES string of the molecule is Cn1c(COc2ccc(Cl)c3ccccc23)cc(=O)n(C)c1=O. The van der Waals surface area contributed by atoms with Crippen molar-refractivity contribution in [1.29, 1.82) is 0 Å². The lowest BCUT2D eigenvalue weighted by molar-refractivity contribution is 0.297. The molecule has 0 N–H and O–H groups in total. The molecule has 118 valence electrons. The molecule has 0 amide bonds. The number of ether oxygens (including phenoxy) is 1. The molecule has 0 aliphatic rings. The Bertz CT molecular complexity index is 1000. The third kappa shape index (κ3) is 2.75. The molecule has 5 nitrogen and oxygen atoms in total. The molecule has 23 heavy (non-hydrogen) atoms. The Labute approximate surface area is 137 Å². The van der Waals surface area contributed by atoms with Crippen molar-refractivity contribution in [1.82, 2.24) is 9.13 Å². The van der Waals surface area contributed by atoms with E-state index >= 15 is 0 Å². The van der Waals surface area contributed by atoms with Gasteiger partial charge in [0.05, 0.1) is 5.69 Å². The molecule has 0 unspecified atom stereocenters. The van der Waals surface area contributed by atoms with Crippen molar-refractivity contribution < 1.29 is 4.74 Å². The topological polar surface area (TPSA) is 53.2 Å². The lowest BCUT2D eigenvalue weighted by Gasteiger charge is -2.13. The Balaban J connectivity index is 1.98. The van der Waals surface area contributed by atoms with Crippen LogP contribution in [-0.2, 0) is 20.7 Å². The molecule has 2 aromatic carbocycles. The summed E-state index contributed by atoms with van der Waals surface area (Å²) >= 11 is 6.19. The molecule has 0 atom stereocenters. The van der Waals surface area contributed by atoms with Crippen LogP contribution >= 0.6 is 11.6 Å². The van der Waals surface area contributed by atoms with Crippen molar-refractivity contribution >= 4 is 22.4 Å². The van der Waals surface area contributed by atoms with Gasteiger partial charge in [-0.25, -0.2) is 4.79 Å². The molecule has 0 radical (unpaired) electrons. The number of nitrogens with zero attached hydrogens (tertiary/aromatic N) is 2. The van der Waals surface area contributed by atoms with Crippen molar-refractivity contribution in [2.24, 2.45) is 14.1 Å². The van der Waals surface area contributed by atoms with Crippen LogP contribution in [0.15, 0.2) is 52.1 Å². The van der Waals surface area contributed by atoms with Crippen LogP contribution < -0.4 is 16.0 Å². The van der Waals surface area contributed by atoms with Crippen molar-refractivity contribution in [3.8, 4) is 5.75 Å². The largest absolute Gasteiger partial charge is 0.487 e. The highest BCUT2D eigenvalue weighted by molar-refractivity contribution is 6.35. The fourth-order valence-corrected chi connectivity index (χ4v) is 2.66. The van der Waals surface area contributed by atoms with E-state index in [-0.39, 0.29) is 17.9 Å². The van der Waals surface area contributed by atoms with Gasteiger partial charge in [-0.3, -0.25) is 13.9 Å². The molecule has 0 bridgehead atoms. The van der Waals surface area contributed by atoms with E-state index < -0.39 is 0 Å². The Morgan fingerprint density at radius 1 is 1.00 bits per heavy atom. The second-order valence-corrected chi connectivity index (χ2v) is 5.66. The average Bonchev–Trinajstić information content (AvgIpc) is 2.57. The monoisotopic (exact) mass is 330 g/mol. The first kappa shape index (κ1) is 15.4.